The first-order valence-corrected chi connectivity index (χ1v) is 11.8. The van der Waals surface area contributed by atoms with Gasteiger partial charge in [0.25, 0.3) is 8.32 Å². The van der Waals surface area contributed by atoms with Gasteiger partial charge in [0, 0.05) is 6.61 Å². The van der Waals surface area contributed by atoms with Crippen molar-refractivity contribution in [3.05, 3.63) is 60.7 Å². The van der Waals surface area contributed by atoms with E-state index in [1.165, 1.54) is 17.5 Å². The molecular weight excluding hydrogens is 368 g/mol. The molecule has 1 saturated heterocycles. The van der Waals surface area contributed by atoms with E-state index in [0.29, 0.717) is 19.6 Å². The molecular formula is C23H30O4Si. The van der Waals surface area contributed by atoms with Crippen LogP contribution in [-0.4, -0.2) is 40.7 Å². The summed E-state index contributed by atoms with van der Waals surface area (Å²) in [6, 6.07) is 21.0. The Kier molecular flexibility index (Phi) is 6.38. The Morgan fingerprint density at radius 1 is 1.00 bits per heavy atom. The summed E-state index contributed by atoms with van der Waals surface area (Å²) >= 11 is 0. The molecule has 0 aliphatic carbocycles. The Hall–Kier alpha value is -1.95. The standard InChI is InChI=1S/C23H30O4Si/c1-23(2,3)28(18-11-7-5-8-12-18,19-13-9-6-10-14-19)27-21-15-16-26-17-20(21)22(24)25-4/h5-14,20-21H,15-17H2,1-4H3. The fourth-order valence-corrected chi connectivity index (χ4v) is 8.90. The van der Waals surface area contributed by atoms with Crippen molar-refractivity contribution < 1.29 is 18.7 Å². The van der Waals surface area contributed by atoms with Gasteiger partial charge in [-0.15, -0.1) is 0 Å². The predicted octanol–water partition coefficient (Wildman–Crippen LogP) is 3.14. The molecule has 150 valence electrons. The highest BCUT2D eigenvalue weighted by molar-refractivity contribution is 6.99. The van der Waals surface area contributed by atoms with Crippen LogP contribution in [0.1, 0.15) is 27.2 Å². The lowest BCUT2D eigenvalue weighted by Crippen LogP contribution is -2.68. The first kappa shape index (κ1) is 20.8. The van der Waals surface area contributed by atoms with Gasteiger partial charge in [-0.2, -0.15) is 0 Å². The molecule has 0 saturated carbocycles. The van der Waals surface area contributed by atoms with E-state index in [1.54, 1.807) is 0 Å². The van der Waals surface area contributed by atoms with E-state index in [2.05, 4.69) is 69.3 Å². The Morgan fingerprint density at radius 2 is 1.54 bits per heavy atom. The minimum absolute atomic E-state index is 0.130. The topological polar surface area (TPSA) is 44.8 Å². The second-order valence-corrected chi connectivity index (χ2v) is 12.6. The highest BCUT2D eigenvalue weighted by Crippen LogP contribution is 2.39. The summed E-state index contributed by atoms with van der Waals surface area (Å²) in [5.74, 6) is -0.664. The van der Waals surface area contributed by atoms with Crippen molar-refractivity contribution in [1.29, 1.82) is 0 Å². The van der Waals surface area contributed by atoms with Gasteiger partial charge in [0.15, 0.2) is 0 Å². The van der Waals surface area contributed by atoms with Gasteiger partial charge in [-0.05, 0) is 21.8 Å². The molecule has 0 amide bonds. The zero-order valence-corrected chi connectivity index (χ0v) is 18.2. The number of hydrogen-bond donors (Lipinski definition) is 0. The molecule has 0 aromatic heterocycles. The van der Waals surface area contributed by atoms with Crippen molar-refractivity contribution in [2.75, 3.05) is 20.3 Å². The maximum atomic E-state index is 12.4. The molecule has 2 aromatic rings. The van der Waals surface area contributed by atoms with Crippen LogP contribution in [0.25, 0.3) is 0 Å². The molecule has 1 fully saturated rings. The quantitative estimate of drug-likeness (QED) is 0.573. The summed E-state index contributed by atoms with van der Waals surface area (Å²) in [6.07, 6.45) is 0.456. The number of methoxy groups -OCH3 is 1. The van der Waals surface area contributed by atoms with Crippen molar-refractivity contribution in [3.8, 4) is 0 Å². The number of carbonyl (C=O) groups excluding carboxylic acids is 1. The largest absolute Gasteiger partial charge is 0.469 e. The summed E-state index contributed by atoms with van der Waals surface area (Å²) in [7, 11) is -1.27. The van der Waals surface area contributed by atoms with Gasteiger partial charge in [-0.25, -0.2) is 0 Å². The molecule has 0 N–H and O–H groups in total. The average Bonchev–Trinajstić information content (AvgIpc) is 2.72. The summed E-state index contributed by atoms with van der Waals surface area (Å²) in [6.45, 7) is 7.66. The Morgan fingerprint density at radius 3 is 2.00 bits per heavy atom. The van der Waals surface area contributed by atoms with Crippen LogP contribution in [0.4, 0.5) is 0 Å². The molecule has 2 aromatic carbocycles. The van der Waals surface area contributed by atoms with E-state index in [9.17, 15) is 4.79 Å². The van der Waals surface area contributed by atoms with Gasteiger partial charge in [0.2, 0.25) is 0 Å². The lowest BCUT2D eigenvalue weighted by atomic mass is 9.99. The number of ether oxygens (including phenoxy) is 2. The van der Waals surface area contributed by atoms with Crippen LogP contribution < -0.4 is 10.4 Å². The molecule has 28 heavy (non-hydrogen) atoms. The first-order valence-electron chi connectivity index (χ1n) is 9.84. The van der Waals surface area contributed by atoms with E-state index in [1.807, 2.05) is 12.1 Å². The summed E-state index contributed by atoms with van der Waals surface area (Å²) in [5, 5.41) is 2.29. The molecule has 1 heterocycles. The molecule has 2 atom stereocenters. The molecule has 0 bridgehead atoms. The highest BCUT2D eigenvalue weighted by Gasteiger charge is 2.53. The third-order valence-corrected chi connectivity index (χ3v) is 10.6. The molecule has 0 spiro atoms. The van der Waals surface area contributed by atoms with E-state index in [0.717, 1.165) is 0 Å². The monoisotopic (exact) mass is 398 g/mol. The Labute approximate surface area is 169 Å². The van der Waals surface area contributed by atoms with Gasteiger partial charge >= 0.3 is 5.97 Å². The highest BCUT2D eigenvalue weighted by atomic mass is 28.4. The SMILES string of the molecule is COC(=O)C1COCCC1O[Si](c1ccccc1)(c1ccccc1)C(C)(C)C. The van der Waals surface area contributed by atoms with Crippen LogP contribution in [0, 0.1) is 5.92 Å². The minimum Gasteiger partial charge on any atom is -0.469 e. The van der Waals surface area contributed by atoms with Crippen LogP contribution in [0.5, 0.6) is 0 Å². The van der Waals surface area contributed by atoms with Crippen LogP contribution in [0.3, 0.4) is 0 Å². The molecule has 5 heteroatoms. The third-order valence-electron chi connectivity index (χ3n) is 5.54. The maximum absolute atomic E-state index is 12.4. The average molecular weight is 399 g/mol. The zero-order chi connectivity index (χ0) is 20.2. The Bertz CT molecular complexity index is 731. The van der Waals surface area contributed by atoms with Crippen LogP contribution >= 0.6 is 0 Å². The number of benzene rings is 2. The van der Waals surface area contributed by atoms with Crippen LogP contribution in [-0.2, 0) is 18.7 Å². The van der Waals surface area contributed by atoms with Gasteiger partial charge in [0.05, 0.1) is 19.8 Å². The Balaban J connectivity index is 2.14. The van der Waals surface area contributed by atoms with Crippen molar-refractivity contribution in [2.45, 2.75) is 38.3 Å². The molecule has 0 radical (unpaired) electrons. The second-order valence-electron chi connectivity index (χ2n) is 8.31. The minimum atomic E-state index is -2.70. The fraction of sp³-hybridized carbons (Fsp3) is 0.435. The van der Waals surface area contributed by atoms with E-state index in [-0.39, 0.29) is 17.1 Å². The summed E-state index contributed by atoms with van der Waals surface area (Å²) < 4.78 is 17.7. The smallest absolute Gasteiger partial charge is 0.313 e. The third kappa shape index (κ3) is 3.92. The summed E-state index contributed by atoms with van der Waals surface area (Å²) in [5.41, 5.74) is 0. The van der Waals surface area contributed by atoms with E-state index >= 15 is 0 Å². The number of hydrogen-bond acceptors (Lipinski definition) is 4. The molecule has 4 nitrogen and oxygen atoms in total. The van der Waals surface area contributed by atoms with Crippen molar-refractivity contribution >= 4 is 24.7 Å². The van der Waals surface area contributed by atoms with Gasteiger partial charge < -0.3 is 13.9 Å². The van der Waals surface area contributed by atoms with Crippen molar-refractivity contribution in [3.63, 3.8) is 0 Å². The van der Waals surface area contributed by atoms with Gasteiger partial charge in [-0.3, -0.25) is 4.79 Å². The molecule has 1 aliphatic heterocycles. The molecule has 3 rings (SSSR count). The van der Waals surface area contributed by atoms with Crippen LogP contribution in [0.2, 0.25) is 5.04 Å². The predicted molar refractivity (Wildman–Crippen MR) is 113 cm³/mol. The normalized spacial score (nSPS) is 20.6. The molecule has 1 aliphatic rings. The summed E-state index contributed by atoms with van der Waals surface area (Å²) in [4.78, 5) is 12.4. The van der Waals surface area contributed by atoms with Crippen molar-refractivity contribution in [2.24, 2.45) is 5.92 Å². The van der Waals surface area contributed by atoms with Crippen molar-refractivity contribution in [1.82, 2.24) is 0 Å². The lowest BCUT2D eigenvalue weighted by molar-refractivity contribution is -0.156. The lowest BCUT2D eigenvalue weighted by Gasteiger charge is -2.46. The zero-order valence-electron chi connectivity index (χ0n) is 17.2. The second kappa shape index (κ2) is 8.60. The van der Waals surface area contributed by atoms with Crippen LogP contribution in [0.15, 0.2) is 60.7 Å². The van der Waals surface area contributed by atoms with Gasteiger partial charge in [-0.1, -0.05) is 81.4 Å². The number of esters is 1. The number of rotatable bonds is 5. The van der Waals surface area contributed by atoms with Gasteiger partial charge in [0.1, 0.15) is 5.92 Å². The number of carbonyl (C=O) groups is 1. The fourth-order valence-electron chi connectivity index (χ4n) is 4.15. The first-order chi connectivity index (χ1) is 13.4. The molecule has 2 unspecified atom stereocenters. The van der Waals surface area contributed by atoms with E-state index < -0.39 is 14.2 Å². The maximum Gasteiger partial charge on any atom is 0.313 e. The van der Waals surface area contributed by atoms with E-state index in [4.69, 9.17) is 13.9 Å².